The minimum atomic E-state index is 0.792. The van der Waals surface area contributed by atoms with E-state index in [1.54, 1.807) is 19.5 Å². The molecule has 2 rings (SSSR count). The molecule has 0 aromatic carbocycles. The van der Waals surface area contributed by atoms with Crippen molar-refractivity contribution in [3.63, 3.8) is 0 Å². The summed E-state index contributed by atoms with van der Waals surface area (Å²) in [4.78, 5) is 8.42. The van der Waals surface area contributed by atoms with E-state index in [0.29, 0.717) is 0 Å². The molecule has 0 amide bonds. The smallest absolute Gasteiger partial charge is 0.122 e. The molecule has 0 aliphatic carbocycles. The van der Waals surface area contributed by atoms with E-state index in [1.165, 1.54) is 0 Å². The number of pyridine rings is 2. The quantitative estimate of drug-likeness (QED) is 0.720. The Morgan fingerprint density at radius 2 is 1.86 bits per heavy atom. The predicted octanol–water partition coefficient (Wildman–Crippen LogP) is 2.15. The Morgan fingerprint density at radius 3 is 2.57 bits per heavy atom. The molecule has 3 nitrogen and oxygen atoms in total. The van der Waals surface area contributed by atoms with Gasteiger partial charge in [-0.2, -0.15) is 0 Å². The van der Waals surface area contributed by atoms with Crippen molar-refractivity contribution in [3.8, 4) is 17.1 Å². The highest BCUT2D eigenvalue weighted by molar-refractivity contribution is 5.55. The van der Waals surface area contributed by atoms with Crippen molar-refractivity contribution < 1.29 is 4.74 Å². The summed E-state index contributed by atoms with van der Waals surface area (Å²) in [5.74, 6) is 0.792. The van der Waals surface area contributed by atoms with Crippen LogP contribution in [0.2, 0.25) is 0 Å². The fourth-order valence-electron chi connectivity index (χ4n) is 1.19. The molecule has 2 aromatic heterocycles. The number of rotatable bonds is 2. The molecule has 70 valence electrons. The van der Waals surface area contributed by atoms with Gasteiger partial charge in [-0.15, -0.1) is 0 Å². The molecule has 0 aliphatic heterocycles. The second kappa shape index (κ2) is 3.87. The van der Waals surface area contributed by atoms with Crippen molar-refractivity contribution in [1.29, 1.82) is 0 Å². The average molecular weight is 186 g/mol. The molecule has 0 spiro atoms. The van der Waals surface area contributed by atoms with Crippen LogP contribution >= 0.6 is 0 Å². The van der Waals surface area contributed by atoms with Crippen LogP contribution in [0.4, 0.5) is 0 Å². The Morgan fingerprint density at radius 1 is 1.00 bits per heavy atom. The molecule has 0 saturated carbocycles. The topological polar surface area (TPSA) is 35.0 Å². The van der Waals surface area contributed by atoms with Gasteiger partial charge in [-0.3, -0.25) is 9.97 Å². The molecule has 2 aromatic rings. The van der Waals surface area contributed by atoms with Gasteiger partial charge in [-0.25, -0.2) is 0 Å². The van der Waals surface area contributed by atoms with Gasteiger partial charge >= 0.3 is 0 Å². The van der Waals surface area contributed by atoms with Crippen molar-refractivity contribution >= 4 is 0 Å². The predicted molar refractivity (Wildman–Crippen MR) is 54.0 cm³/mol. The first-order valence-electron chi connectivity index (χ1n) is 4.31. The Kier molecular flexibility index (Phi) is 2.40. The number of nitrogens with zero attached hydrogens (tertiary/aromatic N) is 2. The molecular formula is C11H10N2O. The lowest BCUT2D eigenvalue weighted by molar-refractivity contribution is 0.414. The minimum absolute atomic E-state index is 0.792. The number of methoxy groups -OCH3 is 1. The fraction of sp³-hybridized carbons (Fsp3) is 0.0909. The zero-order chi connectivity index (χ0) is 9.80. The van der Waals surface area contributed by atoms with Crippen molar-refractivity contribution in [2.75, 3.05) is 7.11 Å². The summed E-state index contributed by atoms with van der Waals surface area (Å²) in [6, 6.07) is 9.41. The van der Waals surface area contributed by atoms with Crippen molar-refractivity contribution in [3.05, 3.63) is 42.7 Å². The SMILES string of the molecule is COc1ccnc(-c2ccccn2)c1. The second-order valence-corrected chi connectivity index (χ2v) is 2.80. The van der Waals surface area contributed by atoms with Crippen LogP contribution in [0.5, 0.6) is 5.75 Å². The lowest BCUT2D eigenvalue weighted by Crippen LogP contribution is -1.88. The highest BCUT2D eigenvalue weighted by Crippen LogP contribution is 2.18. The maximum atomic E-state index is 5.11. The zero-order valence-electron chi connectivity index (χ0n) is 7.84. The Bertz CT molecular complexity index is 415. The number of hydrogen-bond donors (Lipinski definition) is 0. The van der Waals surface area contributed by atoms with Gasteiger partial charge < -0.3 is 4.74 Å². The molecule has 14 heavy (non-hydrogen) atoms. The first-order chi connectivity index (χ1) is 6.90. The molecule has 0 fully saturated rings. The summed E-state index contributed by atoms with van der Waals surface area (Å²) in [6.45, 7) is 0. The van der Waals surface area contributed by atoms with Gasteiger partial charge in [0.1, 0.15) is 5.75 Å². The zero-order valence-corrected chi connectivity index (χ0v) is 7.84. The largest absolute Gasteiger partial charge is 0.497 e. The van der Waals surface area contributed by atoms with Gasteiger partial charge in [0.15, 0.2) is 0 Å². The molecular weight excluding hydrogens is 176 g/mol. The first-order valence-corrected chi connectivity index (χ1v) is 4.31. The lowest BCUT2D eigenvalue weighted by atomic mass is 10.2. The third kappa shape index (κ3) is 1.71. The van der Waals surface area contributed by atoms with Crippen LogP contribution in [-0.4, -0.2) is 17.1 Å². The summed E-state index contributed by atoms with van der Waals surface area (Å²) < 4.78 is 5.11. The Labute approximate surface area is 82.4 Å². The van der Waals surface area contributed by atoms with E-state index < -0.39 is 0 Å². The molecule has 2 heterocycles. The molecule has 0 unspecified atom stereocenters. The van der Waals surface area contributed by atoms with Crippen molar-refractivity contribution in [2.24, 2.45) is 0 Å². The normalized spacial score (nSPS) is 9.79. The standard InChI is InChI=1S/C11H10N2O/c1-14-9-5-7-13-11(8-9)10-4-2-3-6-12-10/h2-8H,1H3. The van der Waals surface area contributed by atoms with Gasteiger partial charge in [-0.1, -0.05) is 6.07 Å². The first kappa shape index (κ1) is 8.69. The molecule has 3 heteroatoms. The number of ether oxygens (including phenoxy) is 1. The van der Waals surface area contributed by atoms with E-state index in [-0.39, 0.29) is 0 Å². The van der Waals surface area contributed by atoms with Crippen molar-refractivity contribution in [1.82, 2.24) is 9.97 Å². The van der Waals surface area contributed by atoms with Gasteiger partial charge in [0.05, 0.1) is 18.5 Å². The fourth-order valence-corrected chi connectivity index (χ4v) is 1.19. The van der Waals surface area contributed by atoms with E-state index in [0.717, 1.165) is 17.1 Å². The van der Waals surface area contributed by atoms with Crippen LogP contribution in [0.1, 0.15) is 0 Å². The lowest BCUT2D eigenvalue weighted by Gasteiger charge is -2.02. The van der Waals surface area contributed by atoms with E-state index >= 15 is 0 Å². The van der Waals surface area contributed by atoms with Crippen LogP contribution in [0.25, 0.3) is 11.4 Å². The maximum absolute atomic E-state index is 5.11. The van der Waals surface area contributed by atoms with E-state index in [1.807, 2.05) is 30.3 Å². The third-order valence-electron chi connectivity index (χ3n) is 1.89. The second-order valence-electron chi connectivity index (χ2n) is 2.80. The Balaban J connectivity index is 2.42. The molecule has 0 aliphatic rings. The third-order valence-corrected chi connectivity index (χ3v) is 1.89. The molecule has 0 atom stereocenters. The van der Waals surface area contributed by atoms with Gasteiger partial charge in [-0.05, 0) is 18.2 Å². The van der Waals surface area contributed by atoms with Gasteiger partial charge in [0, 0.05) is 18.5 Å². The van der Waals surface area contributed by atoms with Gasteiger partial charge in [0.25, 0.3) is 0 Å². The van der Waals surface area contributed by atoms with Gasteiger partial charge in [0.2, 0.25) is 0 Å². The summed E-state index contributed by atoms with van der Waals surface area (Å²) in [5.41, 5.74) is 1.68. The van der Waals surface area contributed by atoms with E-state index in [4.69, 9.17) is 4.74 Å². The number of aromatic nitrogens is 2. The summed E-state index contributed by atoms with van der Waals surface area (Å²) in [5, 5.41) is 0. The monoisotopic (exact) mass is 186 g/mol. The number of hydrogen-bond acceptors (Lipinski definition) is 3. The molecule has 0 radical (unpaired) electrons. The summed E-state index contributed by atoms with van der Waals surface area (Å²) >= 11 is 0. The van der Waals surface area contributed by atoms with Crippen LogP contribution < -0.4 is 4.74 Å². The van der Waals surface area contributed by atoms with E-state index in [2.05, 4.69) is 9.97 Å². The van der Waals surface area contributed by atoms with E-state index in [9.17, 15) is 0 Å². The maximum Gasteiger partial charge on any atom is 0.122 e. The van der Waals surface area contributed by atoms with Crippen LogP contribution in [-0.2, 0) is 0 Å². The van der Waals surface area contributed by atoms with Crippen LogP contribution in [0.15, 0.2) is 42.7 Å². The minimum Gasteiger partial charge on any atom is -0.497 e. The summed E-state index contributed by atoms with van der Waals surface area (Å²) in [7, 11) is 1.64. The molecule has 0 saturated heterocycles. The molecule has 0 N–H and O–H groups in total. The molecule has 0 bridgehead atoms. The highest BCUT2D eigenvalue weighted by atomic mass is 16.5. The van der Waals surface area contributed by atoms with Crippen LogP contribution in [0.3, 0.4) is 0 Å². The van der Waals surface area contributed by atoms with Crippen molar-refractivity contribution in [2.45, 2.75) is 0 Å². The summed E-state index contributed by atoms with van der Waals surface area (Å²) in [6.07, 6.45) is 3.46. The Hall–Kier alpha value is -1.90. The average Bonchev–Trinajstić information content (AvgIpc) is 2.30. The van der Waals surface area contributed by atoms with Crippen LogP contribution in [0, 0.1) is 0 Å². The highest BCUT2D eigenvalue weighted by Gasteiger charge is 2.00.